The van der Waals surface area contributed by atoms with Gasteiger partial charge < -0.3 is 4.74 Å². The third-order valence-corrected chi connectivity index (χ3v) is 5.33. The standard InChI is InChI=1S/C17H14ClNOS2/c1-20-15-6-8-16(9-7-15)21-10-14-11-22-17(19-14)12-2-4-13(18)5-3-12/h2-9,11H,10H2,1H3. The van der Waals surface area contributed by atoms with Crippen molar-refractivity contribution in [3.8, 4) is 16.3 Å². The summed E-state index contributed by atoms with van der Waals surface area (Å²) in [5.74, 6) is 1.74. The first-order valence-corrected chi connectivity index (χ1v) is 8.96. The topological polar surface area (TPSA) is 22.1 Å². The monoisotopic (exact) mass is 347 g/mol. The highest BCUT2D eigenvalue weighted by molar-refractivity contribution is 7.98. The van der Waals surface area contributed by atoms with Crippen molar-refractivity contribution in [2.24, 2.45) is 0 Å². The van der Waals surface area contributed by atoms with Crippen LogP contribution >= 0.6 is 34.7 Å². The summed E-state index contributed by atoms with van der Waals surface area (Å²) in [4.78, 5) is 5.90. The molecule has 0 aliphatic rings. The molecule has 0 aliphatic heterocycles. The summed E-state index contributed by atoms with van der Waals surface area (Å²) in [5.41, 5.74) is 2.20. The maximum Gasteiger partial charge on any atom is 0.123 e. The van der Waals surface area contributed by atoms with Gasteiger partial charge in [-0.25, -0.2) is 4.98 Å². The molecule has 0 amide bonds. The zero-order valence-electron chi connectivity index (χ0n) is 12.0. The van der Waals surface area contributed by atoms with Gasteiger partial charge in [-0.15, -0.1) is 23.1 Å². The highest BCUT2D eigenvalue weighted by Crippen LogP contribution is 2.29. The summed E-state index contributed by atoms with van der Waals surface area (Å²) in [6.45, 7) is 0. The second-order valence-electron chi connectivity index (χ2n) is 4.62. The van der Waals surface area contributed by atoms with Crippen LogP contribution in [0.5, 0.6) is 5.75 Å². The predicted octanol–water partition coefficient (Wildman–Crippen LogP) is 5.76. The fraction of sp³-hybridized carbons (Fsp3) is 0.118. The Hall–Kier alpha value is -1.49. The van der Waals surface area contributed by atoms with Gasteiger partial charge in [0.2, 0.25) is 0 Å². The molecular weight excluding hydrogens is 334 g/mol. The van der Waals surface area contributed by atoms with Crippen LogP contribution in [-0.2, 0) is 5.75 Å². The second-order valence-corrected chi connectivity index (χ2v) is 6.96. The average molecular weight is 348 g/mol. The van der Waals surface area contributed by atoms with E-state index in [-0.39, 0.29) is 0 Å². The van der Waals surface area contributed by atoms with Gasteiger partial charge in [0.15, 0.2) is 0 Å². The summed E-state index contributed by atoms with van der Waals surface area (Å²) in [7, 11) is 1.68. The second kappa shape index (κ2) is 7.18. The van der Waals surface area contributed by atoms with Crippen molar-refractivity contribution < 1.29 is 4.74 Å². The molecule has 0 unspecified atom stereocenters. The average Bonchev–Trinajstić information content (AvgIpc) is 3.03. The molecule has 0 fully saturated rings. The minimum atomic E-state index is 0.746. The Balaban J connectivity index is 1.65. The number of ether oxygens (including phenoxy) is 1. The highest BCUT2D eigenvalue weighted by Gasteiger charge is 2.05. The largest absolute Gasteiger partial charge is 0.497 e. The number of benzene rings is 2. The molecule has 5 heteroatoms. The Bertz CT molecular complexity index is 738. The lowest BCUT2D eigenvalue weighted by Gasteiger charge is -2.02. The van der Waals surface area contributed by atoms with Crippen molar-refractivity contribution >= 4 is 34.7 Å². The molecule has 112 valence electrons. The van der Waals surface area contributed by atoms with E-state index in [1.807, 2.05) is 36.4 Å². The fourth-order valence-electron chi connectivity index (χ4n) is 1.93. The molecule has 0 N–H and O–H groups in total. The summed E-state index contributed by atoms with van der Waals surface area (Å²) >= 11 is 9.35. The van der Waals surface area contributed by atoms with Gasteiger partial charge in [-0.3, -0.25) is 0 Å². The molecule has 0 spiro atoms. The van der Waals surface area contributed by atoms with Gasteiger partial charge in [-0.05, 0) is 36.4 Å². The summed E-state index contributed by atoms with van der Waals surface area (Å²) in [5, 5.41) is 3.89. The molecule has 2 aromatic carbocycles. The van der Waals surface area contributed by atoms with E-state index in [1.165, 1.54) is 4.90 Å². The van der Waals surface area contributed by atoms with Crippen molar-refractivity contribution in [2.45, 2.75) is 10.6 Å². The smallest absolute Gasteiger partial charge is 0.123 e. The van der Waals surface area contributed by atoms with Crippen molar-refractivity contribution in [3.05, 3.63) is 64.6 Å². The van der Waals surface area contributed by atoms with Gasteiger partial charge in [-0.2, -0.15) is 0 Å². The van der Waals surface area contributed by atoms with Gasteiger partial charge in [0, 0.05) is 26.6 Å². The number of nitrogens with zero attached hydrogens (tertiary/aromatic N) is 1. The number of thiazole rings is 1. The quantitative estimate of drug-likeness (QED) is 0.547. The lowest BCUT2D eigenvalue weighted by atomic mass is 10.2. The molecule has 1 aromatic heterocycles. The molecule has 0 atom stereocenters. The van der Waals surface area contributed by atoms with Crippen LogP contribution in [-0.4, -0.2) is 12.1 Å². The molecule has 0 bridgehead atoms. The molecule has 0 aliphatic carbocycles. The molecular formula is C17H14ClNOS2. The van der Waals surface area contributed by atoms with Gasteiger partial charge in [0.05, 0.1) is 12.8 Å². The van der Waals surface area contributed by atoms with Crippen LogP contribution in [0.15, 0.2) is 58.8 Å². The molecule has 22 heavy (non-hydrogen) atoms. The molecule has 0 saturated heterocycles. The first-order valence-electron chi connectivity index (χ1n) is 6.72. The van der Waals surface area contributed by atoms with Gasteiger partial charge in [0.1, 0.15) is 10.8 Å². The van der Waals surface area contributed by atoms with Crippen LogP contribution in [0.2, 0.25) is 5.02 Å². The molecule has 3 rings (SSSR count). The van der Waals surface area contributed by atoms with Crippen LogP contribution in [0.25, 0.3) is 10.6 Å². The van der Waals surface area contributed by atoms with E-state index >= 15 is 0 Å². The molecule has 0 radical (unpaired) electrons. The predicted molar refractivity (Wildman–Crippen MR) is 95.1 cm³/mol. The Morgan fingerprint density at radius 3 is 2.50 bits per heavy atom. The van der Waals surface area contributed by atoms with Crippen LogP contribution in [0.4, 0.5) is 0 Å². The van der Waals surface area contributed by atoms with Crippen LogP contribution in [0, 0.1) is 0 Å². The minimum absolute atomic E-state index is 0.746. The number of halogens is 1. The first kappa shape index (κ1) is 15.4. The number of rotatable bonds is 5. The normalized spacial score (nSPS) is 10.6. The van der Waals surface area contributed by atoms with Crippen LogP contribution < -0.4 is 4.74 Å². The van der Waals surface area contributed by atoms with Crippen molar-refractivity contribution in [3.63, 3.8) is 0 Å². The number of aromatic nitrogens is 1. The van der Waals surface area contributed by atoms with Gasteiger partial charge in [-0.1, -0.05) is 23.7 Å². The van der Waals surface area contributed by atoms with E-state index in [0.717, 1.165) is 32.8 Å². The zero-order chi connectivity index (χ0) is 15.4. The number of hydrogen-bond acceptors (Lipinski definition) is 4. The minimum Gasteiger partial charge on any atom is -0.497 e. The SMILES string of the molecule is COc1ccc(SCc2csc(-c3ccc(Cl)cc3)n2)cc1. The Morgan fingerprint density at radius 2 is 1.82 bits per heavy atom. The van der Waals surface area contributed by atoms with Gasteiger partial charge in [0.25, 0.3) is 0 Å². The summed E-state index contributed by atoms with van der Waals surface area (Å²) in [6, 6.07) is 15.9. The molecule has 0 saturated carbocycles. The number of thioether (sulfide) groups is 1. The van der Waals surface area contributed by atoms with E-state index in [9.17, 15) is 0 Å². The number of hydrogen-bond donors (Lipinski definition) is 0. The highest BCUT2D eigenvalue weighted by atomic mass is 35.5. The Labute approximate surface area is 143 Å². The van der Waals surface area contributed by atoms with Crippen molar-refractivity contribution in [1.29, 1.82) is 0 Å². The molecule has 1 heterocycles. The maximum atomic E-state index is 5.91. The first-order chi connectivity index (χ1) is 10.7. The Kier molecular flexibility index (Phi) is 5.03. The Morgan fingerprint density at radius 1 is 1.09 bits per heavy atom. The van der Waals surface area contributed by atoms with Crippen molar-refractivity contribution in [1.82, 2.24) is 4.98 Å². The lowest BCUT2D eigenvalue weighted by molar-refractivity contribution is 0.414. The van der Waals surface area contributed by atoms with E-state index in [2.05, 4.69) is 22.5 Å². The lowest BCUT2D eigenvalue weighted by Crippen LogP contribution is -1.83. The van der Waals surface area contributed by atoms with Crippen molar-refractivity contribution in [2.75, 3.05) is 7.11 Å². The van der Waals surface area contributed by atoms with E-state index in [4.69, 9.17) is 16.3 Å². The van der Waals surface area contributed by atoms with E-state index in [0.29, 0.717) is 0 Å². The van der Waals surface area contributed by atoms with Gasteiger partial charge >= 0.3 is 0 Å². The van der Waals surface area contributed by atoms with Crippen LogP contribution in [0.3, 0.4) is 0 Å². The third kappa shape index (κ3) is 3.83. The maximum absolute atomic E-state index is 5.91. The third-order valence-electron chi connectivity index (χ3n) is 3.09. The summed E-state index contributed by atoms with van der Waals surface area (Å²) in [6.07, 6.45) is 0. The molecule has 3 aromatic rings. The number of methoxy groups -OCH3 is 1. The van der Waals surface area contributed by atoms with E-state index < -0.39 is 0 Å². The fourth-order valence-corrected chi connectivity index (χ4v) is 3.78. The summed E-state index contributed by atoms with van der Waals surface area (Å²) < 4.78 is 5.16. The van der Waals surface area contributed by atoms with Crippen LogP contribution in [0.1, 0.15) is 5.69 Å². The zero-order valence-corrected chi connectivity index (χ0v) is 14.3. The molecule has 2 nitrogen and oxygen atoms in total. The van der Waals surface area contributed by atoms with E-state index in [1.54, 1.807) is 30.2 Å².